The predicted molar refractivity (Wildman–Crippen MR) is 140 cm³/mol. The highest BCUT2D eigenvalue weighted by Gasteiger charge is 2.54. The summed E-state index contributed by atoms with van der Waals surface area (Å²) >= 11 is 0. The highest BCUT2D eigenvalue weighted by atomic mass is 16.5. The molecule has 2 amide bonds. The summed E-state index contributed by atoms with van der Waals surface area (Å²) in [4.78, 5) is 29.2. The Bertz CT molecular complexity index is 886. The zero-order valence-corrected chi connectivity index (χ0v) is 21.6. The van der Waals surface area contributed by atoms with Gasteiger partial charge in [-0.15, -0.1) is 0 Å². The molecule has 6 rings (SSSR count). The molecule has 1 aliphatic heterocycles. The molecule has 0 spiro atoms. The molecular formula is C29H43N3O3. The van der Waals surface area contributed by atoms with Gasteiger partial charge in [-0.2, -0.15) is 0 Å². The Hall–Kier alpha value is -2.08. The zero-order chi connectivity index (χ0) is 24.4. The van der Waals surface area contributed by atoms with Crippen LogP contribution < -0.4 is 15.5 Å². The van der Waals surface area contributed by atoms with Crippen molar-refractivity contribution in [3.63, 3.8) is 0 Å². The highest BCUT2D eigenvalue weighted by molar-refractivity contribution is 6.02. The number of amides is 2. The molecule has 6 heteroatoms. The second-order valence-electron chi connectivity index (χ2n) is 11.9. The first kappa shape index (κ1) is 24.6. The normalized spacial score (nSPS) is 29.9. The molecule has 0 unspecified atom stereocenters. The van der Waals surface area contributed by atoms with Crippen molar-refractivity contribution in [2.75, 3.05) is 43.1 Å². The van der Waals surface area contributed by atoms with Crippen LogP contribution in [-0.4, -0.2) is 44.7 Å². The smallest absolute Gasteiger partial charge is 0.253 e. The Balaban J connectivity index is 1.32. The number of piperidine rings is 1. The third-order valence-corrected chi connectivity index (χ3v) is 9.10. The lowest BCUT2D eigenvalue weighted by Crippen LogP contribution is -2.51. The van der Waals surface area contributed by atoms with Crippen LogP contribution in [0.15, 0.2) is 18.2 Å². The third-order valence-electron chi connectivity index (χ3n) is 9.10. The maximum atomic E-state index is 13.6. The van der Waals surface area contributed by atoms with Crippen LogP contribution in [0.25, 0.3) is 0 Å². The van der Waals surface area contributed by atoms with Gasteiger partial charge in [-0.1, -0.05) is 6.92 Å². The molecule has 0 aromatic heterocycles. The van der Waals surface area contributed by atoms with E-state index in [1.165, 1.54) is 19.3 Å². The number of rotatable bonds is 9. The van der Waals surface area contributed by atoms with Crippen molar-refractivity contribution in [2.45, 2.75) is 71.6 Å². The van der Waals surface area contributed by atoms with E-state index >= 15 is 0 Å². The molecule has 0 radical (unpaired) electrons. The van der Waals surface area contributed by atoms with Crippen molar-refractivity contribution in [1.82, 2.24) is 5.32 Å². The average Bonchev–Trinajstić information content (AvgIpc) is 2.83. The molecule has 4 aliphatic carbocycles. The minimum absolute atomic E-state index is 0.0685. The molecule has 5 aliphatic rings. The lowest BCUT2D eigenvalue weighted by atomic mass is 9.49. The third kappa shape index (κ3) is 5.37. The number of nitrogens with one attached hydrogen (secondary N) is 2. The molecule has 0 atom stereocenters. The van der Waals surface area contributed by atoms with Crippen LogP contribution in [0.3, 0.4) is 0 Å². The second kappa shape index (κ2) is 10.5. The van der Waals surface area contributed by atoms with Gasteiger partial charge in [-0.3, -0.25) is 9.59 Å². The van der Waals surface area contributed by atoms with E-state index in [2.05, 4.69) is 22.5 Å². The molecule has 35 heavy (non-hydrogen) atoms. The lowest BCUT2D eigenvalue weighted by Gasteiger charge is -2.55. The van der Waals surface area contributed by atoms with Gasteiger partial charge < -0.3 is 20.3 Å². The summed E-state index contributed by atoms with van der Waals surface area (Å²) in [6.07, 6.45) is 10.2. The molecule has 6 nitrogen and oxygen atoms in total. The van der Waals surface area contributed by atoms with Crippen LogP contribution in [0, 0.1) is 29.1 Å². The lowest BCUT2D eigenvalue weighted by molar-refractivity contribution is -0.140. The fourth-order valence-electron chi connectivity index (χ4n) is 7.59. The van der Waals surface area contributed by atoms with Crippen molar-refractivity contribution in [1.29, 1.82) is 0 Å². The van der Waals surface area contributed by atoms with Crippen molar-refractivity contribution in [3.05, 3.63) is 23.8 Å². The van der Waals surface area contributed by atoms with Gasteiger partial charge in [-0.05, 0) is 107 Å². The van der Waals surface area contributed by atoms with Crippen molar-refractivity contribution >= 4 is 23.2 Å². The number of ether oxygens (including phenoxy) is 1. The highest BCUT2D eigenvalue weighted by Crippen LogP contribution is 2.60. The van der Waals surface area contributed by atoms with Crippen molar-refractivity contribution in [2.24, 2.45) is 29.1 Å². The molecule has 4 bridgehead atoms. The van der Waals surface area contributed by atoms with Crippen molar-refractivity contribution < 1.29 is 14.3 Å². The number of hydrogen-bond donors (Lipinski definition) is 2. The van der Waals surface area contributed by atoms with Gasteiger partial charge in [0.05, 0.1) is 11.0 Å². The number of benzene rings is 1. The van der Waals surface area contributed by atoms with E-state index in [0.717, 1.165) is 86.7 Å². The van der Waals surface area contributed by atoms with Gasteiger partial charge in [0.1, 0.15) is 0 Å². The van der Waals surface area contributed by atoms with Gasteiger partial charge in [-0.25, -0.2) is 0 Å². The summed E-state index contributed by atoms with van der Waals surface area (Å²) in [6, 6.07) is 5.95. The molecule has 1 aromatic carbocycles. The molecule has 5 fully saturated rings. The zero-order valence-electron chi connectivity index (χ0n) is 21.6. The van der Waals surface area contributed by atoms with Crippen molar-refractivity contribution in [3.8, 4) is 0 Å². The standard InChI is InChI=1S/C29H43N3O3/c1-3-35-12-4-9-30-27(33)25-16-24(5-6-26(25)32-10-7-20(2)8-11-32)31-28(34)29-17-21-13-22(18-29)15-23(14-21)19-29/h5-6,16,20-23H,3-4,7-15,17-19H2,1-2H3,(H,30,33)(H,31,34). The minimum Gasteiger partial charge on any atom is -0.382 e. The Morgan fingerprint density at radius 1 is 1.06 bits per heavy atom. The monoisotopic (exact) mass is 481 g/mol. The first-order chi connectivity index (χ1) is 17.0. The van der Waals surface area contributed by atoms with Gasteiger partial charge in [0, 0.05) is 44.2 Å². The van der Waals surface area contributed by atoms with Gasteiger partial charge in [0.15, 0.2) is 0 Å². The summed E-state index contributed by atoms with van der Waals surface area (Å²) < 4.78 is 5.41. The fourth-order valence-corrected chi connectivity index (χ4v) is 7.59. The van der Waals surface area contributed by atoms with E-state index in [-0.39, 0.29) is 17.2 Å². The quantitative estimate of drug-likeness (QED) is 0.474. The minimum atomic E-state index is -0.196. The van der Waals surface area contributed by atoms with E-state index in [0.29, 0.717) is 25.3 Å². The first-order valence-corrected chi connectivity index (χ1v) is 14.0. The molecule has 4 saturated carbocycles. The second-order valence-corrected chi connectivity index (χ2v) is 11.9. The Labute approximate surface area is 210 Å². The Kier molecular flexibility index (Phi) is 7.38. The maximum absolute atomic E-state index is 13.6. The summed E-state index contributed by atoms with van der Waals surface area (Å²) in [5.74, 6) is 3.03. The van der Waals surface area contributed by atoms with E-state index in [1.54, 1.807) is 0 Å². The molecular weight excluding hydrogens is 438 g/mol. The molecule has 1 aromatic rings. The Morgan fingerprint density at radius 2 is 1.71 bits per heavy atom. The van der Waals surface area contributed by atoms with Crippen LogP contribution in [0.1, 0.15) is 82.0 Å². The van der Waals surface area contributed by atoms with E-state index < -0.39 is 0 Å². The van der Waals surface area contributed by atoms with Crippen LogP contribution in [0.5, 0.6) is 0 Å². The molecule has 1 saturated heterocycles. The Morgan fingerprint density at radius 3 is 2.34 bits per heavy atom. The van der Waals surface area contributed by atoms with Crippen LogP contribution >= 0.6 is 0 Å². The topological polar surface area (TPSA) is 70.7 Å². The van der Waals surface area contributed by atoms with E-state index in [1.807, 2.05) is 25.1 Å². The number of carbonyl (C=O) groups is 2. The fraction of sp³-hybridized carbons (Fsp3) is 0.724. The number of anilines is 2. The summed E-state index contributed by atoms with van der Waals surface area (Å²) in [7, 11) is 0. The number of hydrogen-bond acceptors (Lipinski definition) is 4. The summed E-state index contributed by atoms with van der Waals surface area (Å²) in [5.41, 5.74) is 2.20. The van der Waals surface area contributed by atoms with Gasteiger partial charge >= 0.3 is 0 Å². The van der Waals surface area contributed by atoms with E-state index in [9.17, 15) is 9.59 Å². The largest absolute Gasteiger partial charge is 0.382 e. The first-order valence-electron chi connectivity index (χ1n) is 14.0. The van der Waals surface area contributed by atoms with E-state index in [4.69, 9.17) is 4.74 Å². The molecule has 1 heterocycles. The predicted octanol–water partition coefficient (Wildman–Crippen LogP) is 5.23. The van der Waals surface area contributed by atoms with Crippen LogP contribution in [-0.2, 0) is 9.53 Å². The van der Waals surface area contributed by atoms with Gasteiger partial charge in [0.25, 0.3) is 5.91 Å². The molecule has 2 N–H and O–H groups in total. The molecule has 192 valence electrons. The SMILES string of the molecule is CCOCCCNC(=O)c1cc(NC(=O)C23CC4CC(CC(C4)C2)C3)ccc1N1CCC(C)CC1. The average molecular weight is 482 g/mol. The van der Waals surface area contributed by atoms with Crippen LogP contribution in [0.4, 0.5) is 11.4 Å². The van der Waals surface area contributed by atoms with Crippen LogP contribution in [0.2, 0.25) is 0 Å². The maximum Gasteiger partial charge on any atom is 0.253 e. The number of nitrogens with zero attached hydrogens (tertiary/aromatic N) is 1. The number of carbonyl (C=O) groups excluding carboxylic acids is 2. The van der Waals surface area contributed by atoms with Gasteiger partial charge in [0.2, 0.25) is 5.91 Å². The summed E-state index contributed by atoms with van der Waals surface area (Å²) in [6.45, 7) is 8.13. The summed E-state index contributed by atoms with van der Waals surface area (Å²) in [5, 5.41) is 6.33.